The Balaban J connectivity index is 1.87. The summed E-state index contributed by atoms with van der Waals surface area (Å²) in [6.07, 6.45) is 1.92. The fraction of sp³-hybridized carbons (Fsp3) is 0.412. The van der Waals surface area contributed by atoms with Crippen LogP contribution in [0.15, 0.2) is 36.5 Å². The Bertz CT molecular complexity index is 670. The Morgan fingerprint density at radius 2 is 2.00 bits per heavy atom. The highest BCUT2D eigenvalue weighted by atomic mass is 16.2. The molecule has 1 aromatic heterocycles. The summed E-state index contributed by atoms with van der Waals surface area (Å²) in [6.45, 7) is 6.93. The maximum absolute atomic E-state index is 12.0. The molecule has 4 nitrogen and oxygen atoms in total. The molecule has 1 aliphatic heterocycles. The molecule has 0 bridgehead atoms. The zero-order valence-electron chi connectivity index (χ0n) is 12.7. The quantitative estimate of drug-likeness (QED) is 0.920. The molecule has 1 aromatic carbocycles. The predicted octanol–water partition coefficient (Wildman–Crippen LogP) is 2.33. The van der Waals surface area contributed by atoms with E-state index in [0.717, 1.165) is 23.0 Å². The van der Waals surface area contributed by atoms with Crippen LogP contribution in [0.5, 0.6) is 0 Å². The summed E-state index contributed by atoms with van der Waals surface area (Å²) < 4.78 is 0. The van der Waals surface area contributed by atoms with Crippen LogP contribution in [0.3, 0.4) is 0 Å². The molecule has 1 aliphatic rings. The number of rotatable bonds is 2. The molecule has 1 N–H and O–H groups in total. The minimum absolute atomic E-state index is 0.106. The van der Waals surface area contributed by atoms with Crippen molar-refractivity contribution in [1.82, 2.24) is 15.2 Å². The van der Waals surface area contributed by atoms with Crippen molar-refractivity contribution in [1.29, 1.82) is 0 Å². The van der Waals surface area contributed by atoms with Crippen molar-refractivity contribution in [2.24, 2.45) is 0 Å². The second-order valence-corrected chi connectivity index (χ2v) is 5.92. The van der Waals surface area contributed by atoms with Crippen molar-refractivity contribution in [3.63, 3.8) is 0 Å². The first-order chi connectivity index (χ1) is 10.1. The van der Waals surface area contributed by atoms with E-state index in [1.165, 1.54) is 0 Å². The number of nitrogens with zero attached hydrogens (tertiary/aromatic N) is 2. The van der Waals surface area contributed by atoms with E-state index in [2.05, 4.69) is 41.2 Å². The van der Waals surface area contributed by atoms with E-state index in [9.17, 15) is 4.79 Å². The first kappa shape index (κ1) is 14.0. The van der Waals surface area contributed by atoms with Crippen LogP contribution in [-0.4, -0.2) is 33.9 Å². The number of para-hydroxylation sites is 1. The molecular weight excluding hydrogens is 262 g/mol. The number of hydrogen-bond donors (Lipinski definition) is 1. The van der Waals surface area contributed by atoms with E-state index in [0.29, 0.717) is 6.04 Å². The van der Waals surface area contributed by atoms with E-state index in [1.54, 1.807) is 0 Å². The molecular formula is C17H21N3O. The van der Waals surface area contributed by atoms with Crippen LogP contribution in [0.25, 0.3) is 10.9 Å². The summed E-state index contributed by atoms with van der Waals surface area (Å²) in [7, 11) is 0. The Morgan fingerprint density at radius 1 is 1.24 bits per heavy atom. The third-order valence-electron chi connectivity index (χ3n) is 4.51. The Hall–Kier alpha value is -1.94. The Kier molecular flexibility index (Phi) is 3.64. The van der Waals surface area contributed by atoms with Crippen molar-refractivity contribution in [3.8, 4) is 0 Å². The van der Waals surface area contributed by atoms with Crippen molar-refractivity contribution in [2.45, 2.75) is 45.4 Å². The van der Waals surface area contributed by atoms with Gasteiger partial charge < -0.3 is 5.32 Å². The van der Waals surface area contributed by atoms with Crippen LogP contribution in [-0.2, 0) is 11.3 Å². The average Bonchev–Trinajstić information content (AvgIpc) is 2.49. The third kappa shape index (κ3) is 2.63. The number of fused-ring (bicyclic) bond motifs is 1. The molecule has 3 atom stereocenters. The van der Waals surface area contributed by atoms with Gasteiger partial charge in [0.2, 0.25) is 5.91 Å². The highest BCUT2D eigenvalue weighted by Gasteiger charge is 2.34. The second kappa shape index (κ2) is 5.45. The van der Waals surface area contributed by atoms with Gasteiger partial charge in [-0.25, -0.2) is 0 Å². The van der Waals surface area contributed by atoms with Gasteiger partial charge >= 0.3 is 0 Å². The molecule has 21 heavy (non-hydrogen) atoms. The maximum Gasteiger partial charge on any atom is 0.237 e. The molecule has 0 aliphatic carbocycles. The highest BCUT2D eigenvalue weighted by Crippen LogP contribution is 2.20. The normalized spacial score (nSPS) is 26.8. The van der Waals surface area contributed by atoms with Gasteiger partial charge in [0, 0.05) is 30.2 Å². The van der Waals surface area contributed by atoms with Crippen LogP contribution < -0.4 is 5.32 Å². The van der Waals surface area contributed by atoms with Gasteiger partial charge in [-0.15, -0.1) is 0 Å². The number of nitrogens with one attached hydrogen (secondary N) is 1. The smallest absolute Gasteiger partial charge is 0.237 e. The number of piperazine rings is 1. The monoisotopic (exact) mass is 283 g/mol. The SMILES string of the molecule is C[C@@H]1NC(=O)[C@@H](C)N(Cc2cnc3ccccc3c2)[C@H]1C. The molecule has 2 aromatic rings. The zero-order chi connectivity index (χ0) is 15.0. The van der Waals surface area contributed by atoms with E-state index in [1.807, 2.05) is 31.3 Å². The zero-order valence-corrected chi connectivity index (χ0v) is 12.7. The number of amides is 1. The van der Waals surface area contributed by atoms with E-state index < -0.39 is 0 Å². The van der Waals surface area contributed by atoms with Gasteiger partial charge in [0.05, 0.1) is 11.6 Å². The largest absolute Gasteiger partial charge is 0.351 e. The van der Waals surface area contributed by atoms with Crippen molar-refractivity contribution >= 4 is 16.8 Å². The summed E-state index contributed by atoms with van der Waals surface area (Å²) in [5.41, 5.74) is 2.15. The summed E-state index contributed by atoms with van der Waals surface area (Å²) in [5, 5.41) is 4.17. The molecule has 4 heteroatoms. The summed E-state index contributed by atoms with van der Waals surface area (Å²) in [4.78, 5) is 18.7. The van der Waals surface area contributed by atoms with E-state index in [4.69, 9.17) is 0 Å². The third-order valence-corrected chi connectivity index (χ3v) is 4.51. The average molecular weight is 283 g/mol. The fourth-order valence-corrected chi connectivity index (χ4v) is 2.95. The Labute approximate surface area is 125 Å². The number of hydrogen-bond acceptors (Lipinski definition) is 3. The molecule has 0 spiro atoms. The lowest BCUT2D eigenvalue weighted by molar-refractivity contribution is -0.132. The van der Waals surface area contributed by atoms with Crippen molar-refractivity contribution in [3.05, 3.63) is 42.1 Å². The standard InChI is InChI=1S/C17H21N3O/c1-11-12(2)20(13(3)17(21)19-11)10-14-8-15-6-4-5-7-16(15)18-9-14/h4-9,11-13H,10H2,1-3H3,(H,19,21)/t11-,12-,13+/m0/s1. The van der Waals surface area contributed by atoms with Gasteiger partial charge in [0.25, 0.3) is 0 Å². The lowest BCUT2D eigenvalue weighted by Crippen LogP contribution is -2.62. The first-order valence-electron chi connectivity index (χ1n) is 7.46. The number of carbonyl (C=O) groups excluding carboxylic acids is 1. The first-order valence-corrected chi connectivity index (χ1v) is 7.46. The molecule has 0 radical (unpaired) electrons. The molecule has 3 rings (SSSR count). The molecule has 0 saturated carbocycles. The van der Waals surface area contributed by atoms with Gasteiger partial charge in [-0.2, -0.15) is 0 Å². The van der Waals surface area contributed by atoms with E-state index >= 15 is 0 Å². The fourth-order valence-electron chi connectivity index (χ4n) is 2.95. The summed E-state index contributed by atoms with van der Waals surface area (Å²) in [6, 6.07) is 10.6. The molecule has 110 valence electrons. The molecule has 2 heterocycles. The van der Waals surface area contributed by atoms with Crippen molar-refractivity contribution in [2.75, 3.05) is 0 Å². The lowest BCUT2D eigenvalue weighted by atomic mass is 10.0. The van der Waals surface area contributed by atoms with Crippen LogP contribution >= 0.6 is 0 Å². The molecule has 1 saturated heterocycles. The van der Waals surface area contributed by atoms with Crippen LogP contribution in [0.1, 0.15) is 26.3 Å². The van der Waals surface area contributed by atoms with E-state index in [-0.39, 0.29) is 18.0 Å². The van der Waals surface area contributed by atoms with Crippen LogP contribution in [0.2, 0.25) is 0 Å². The minimum atomic E-state index is -0.109. The van der Waals surface area contributed by atoms with Crippen LogP contribution in [0, 0.1) is 0 Å². The van der Waals surface area contributed by atoms with Crippen LogP contribution in [0.4, 0.5) is 0 Å². The number of aromatic nitrogens is 1. The summed E-state index contributed by atoms with van der Waals surface area (Å²) >= 11 is 0. The van der Waals surface area contributed by atoms with Gasteiger partial charge in [0.15, 0.2) is 0 Å². The minimum Gasteiger partial charge on any atom is -0.351 e. The second-order valence-electron chi connectivity index (χ2n) is 5.92. The van der Waals surface area contributed by atoms with Crippen molar-refractivity contribution < 1.29 is 4.79 Å². The highest BCUT2D eigenvalue weighted by molar-refractivity contribution is 5.82. The van der Waals surface area contributed by atoms with Gasteiger partial charge in [-0.1, -0.05) is 18.2 Å². The van der Waals surface area contributed by atoms with Gasteiger partial charge in [-0.05, 0) is 38.5 Å². The predicted molar refractivity (Wildman–Crippen MR) is 83.8 cm³/mol. The molecule has 0 unspecified atom stereocenters. The van der Waals surface area contributed by atoms with Gasteiger partial charge in [-0.3, -0.25) is 14.7 Å². The topological polar surface area (TPSA) is 45.2 Å². The number of benzene rings is 1. The molecule has 1 fully saturated rings. The number of pyridine rings is 1. The Morgan fingerprint density at radius 3 is 2.81 bits per heavy atom. The number of carbonyl (C=O) groups is 1. The van der Waals surface area contributed by atoms with Gasteiger partial charge in [0.1, 0.15) is 0 Å². The molecule has 1 amide bonds. The maximum atomic E-state index is 12.0. The lowest BCUT2D eigenvalue weighted by Gasteiger charge is -2.42. The summed E-state index contributed by atoms with van der Waals surface area (Å²) in [5.74, 6) is 0.106.